The van der Waals surface area contributed by atoms with Crippen molar-refractivity contribution in [2.24, 2.45) is 5.92 Å². The molecule has 1 fully saturated rings. The fourth-order valence-corrected chi connectivity index (χ4v) is 3.53. The Morgan fingerprint density at radius 3 is 2.62 bits per heavy atom. The standard InChI is InChI=1S/C21H27N3O2/c1-15-10-13-24(16(2)18-6-4-3-5-7-18)21(26)19(15)20(25)23-14-17-8-11-22-12-9-17/h3-7,10,13,16-17,22H,8-9,11-12,14H2,1-2H3,(H,23,25). The van der Waals surface area contributed by atoms with E-state index in [1.165, 1.54) is 0 Å². The molecule has 2 heterocycles. The van der Waals surface area contributed by atoms with E-state index in [1.807, 2.05) is 50.2 Å². The average molecular weight is 353 g/mol. The van der Waals surface area contributed by atoms with Gasteiger partial charge in [-0.15, -0.1) is 0 Å². The first kappa shape index (κ1) is 18.4. The molecule has 1 saturated heterocycles. The fraction of sp³-hybridized carbons (Fsp3) is 0.429. The number of pyridine rings is 1. The zero-order valence-electron chi connectivity index (χ0n) is 15.5. The molecule has 2 N–H and O–H groups in total. The van der Waals surface area contributed by atoms with Crippen molar-refractivity contribution in [2.75, 3.05) is 19.6 Å². The van der Waals surface area contributed by atoms with Gasteiger partial charge in [-0.2, -0.15) is 0 Å². The van der Waals surface area contributed by atoms with E-state index in [9.17, 15) is 9.59 Å². The Bertz CT molecular complexity index is 808. The van der Waals surface area contributed by atoms with Gasteiger partial charge in [0, 0.05) is 12.7 Å². The summed E-state index contributed by atoms with van der Waals surface area (Å²) in [4.78, 5) is 25.7. The number of carbonyl (C=O) groups is 1. The third-order valence-electron chi connectivity index (χ3n) is 5.26. The number of hydrogen-bond donors (Lipinski definition) is 2. The summed E-state index contributed by atoms with van der Waals surface area (Å²) in [7, 11) is 0. The fourth-order valence-electron chi connectivity index (χ4n) is 3.53. The smallest absolute Gasteiger partial charge is 0.264 e. The molecule has 1 atom stereocenters. The quantitative estimate of drug-likeness (QED) is 0.868. The van der Waals surface area contributed by atoms with Crippen molar-refractivity contribution in [3.05, 3.63) is 69.6 Å². The lowest BCUT2D eigenvalue weighted by Crippen LogP contribution is -2.39. The maximum atomic E-state index is 13.0. The van der Waals surface area contributed by atoms with Crippen molar-refractivity contribution < 1.29 is 4.79 Å². The van der Waals surface area contributed by atoms with Crippen molar-refractivity contribution in [3.8, 4) is 0 Å². The van der Waals surface area contributed by atoms with Gasteiger partial charge in [0.15, 0.2) is 0 Å². The Kier molecular flexibility index (Phi) is 5.89. The van der Waals surface area contributed by atoms with Crippen LogP contribution in [0.1, 0.15) is 47.3 Å². The van der Waals surface area contributed by atoms with Crippen LogP contribution in [0, 0.1) is 12.8 Å². The van der Waals surface area contributed by atoms with E-state index in [4.69, 9.17) is 0 Å². The number of hydrogen-bond acceptors (Lipinski definition) is 3. The number of aromatic nitrogens is 1. The second-order valence-electron chi connectivity index (χ2n) is 7.08. The van der Waals surface area contributed by atoms with Crippen LogP contribution in [0.25, 0.3) is 0 Å². The lowest BCUT2D eigenvalue weighted by atomic mass is 9.98. The second-order valence-corrected chi connectivity index (χ2v) is 7.08. The van der Waals surface area contributed by atoms with Crippen LogP contribution in [-0.2, 0) is 0 Å². The Morgan fingerprint density at radius 2 is 1.92 bits per heavy atom. The van der Waals surface area contributed by atoms with Gasteiger partial charge in [-0.05, 0) is 62.9 Å². The number of aryl methyl sites for hydroxylation is 1. The molecule has 26 heavy (non-hydrogen) atoms. The van der Waals surface area contributed by atoms with Crippen LogP contribution in [0.4, 0.5) is 0 Å². The SMILES string of the molecule is Cc1ccn(C(C)c2ccccc2)c(=O)c1C(=O)NCC1CCNCC1. The molecule has 0 radical (unpaired) electrons. The van der Waals surface area contributed by atoms with E-state index >= 15 is 0 Å². The lowest BCUT2D eigenvalue weighted by Gasteiger charge is -2.23. The Labute approximate surface area is 154 Å². The highest BCUT2D eigenvalue weighted by molar-refractivity contribution is 5.95. The molecule has 5 heteroatoms. The summed E-state index contributed by atoms with van der Waals surface area (Å²) >= 11 is 0. The topological polar surface area (TPSA) is 63.1 Å². The summed E-state index contributed by atoms with van der Waals surface area (Å²) in [5.41, 5.74) is 1.78. The van der Waals surface area contributed by atoms with E-state index < -0.39 is 0 Å². The molecule has 0 bridgehead atoms. The van der Waals surface area contributed by atoms with Gasteiger partial charge in [-0.3, -0.25) is 9.59 Å². The Hall–Kier alpha value is -2.40. The molecule has 1 amide bonds. The summed E-state index contributed by atoms with van der Waals surface area (Å²) in [6.45, 7) is 6.41. The molecule has 1 unspecified atom stereocenters. The molecule has 138 valence electrons. The molecule has 1 aliphatic heterocycles. The van der Waals surface area contributed by atoms with Gasteiger partial charge in [0.05, 0.1) is 6.04 Å². The molecule has 2 aromatic rings. The van der Waals surface area contributed by atoms with Crippen LogP contribution in [0.15, 0.2) is 47.4 Å². The minimum atomic E-state index is -0.263. The molecule has 0 spiro atoms. The molecule has 0 aliphatic carbocycles. The summed E-state index contributed by atoms with van der Waals surface area (Å²) in [5, 5.41) is 6.30. The Balaban J connectivity index is 1.80. The predicted octanol–water partition coefficient (Wildman–Crippen LogP) is 2.50. The molecule has 1 aliphatic rings. The predicted molar refractivity (Wildman–Crippen MR) is 104 cm³/mol. The van der Waals surface area contributed by atoms with E-state index in [0.717, 1.165) is 31.5 Å². The number of nitrogens with zero attached hydrogens (tertiary/aromatic N) is 1. The maximum Gasteiger partial charge on any atom is 0.264 e. The van der Waals surface area contributed by atoms with E-state index in [1.54, 1.807) is 10.8 Å². The highest BCUT2D eigenvalue weighted by Crippen LogP contribution is 2.16. The van der Waals surface area contributed by atoms with Crippen LogP contribution in [0.5, 0.6) is 0 Å². The van der Waals surface area contributed by atoms with Crippen LogP contribution in [0.2, 0.25) is 0 Å². The third-order valence-corrected chi connectivity index (χ3v) is 5.26. The molecule has 1 aromatic heterocycles. The highest BCUT2D eigenvalue weighted by Gasteiger charge is 2.20. The number of carbonyl (C=O) groups excluding carboxylic acids is 1. The first-order chi connectivity index (χ1) is 12.6. The second kappa shape index (κ2) is 8.32. The summed E-state index contributed by atoms with van der Waals surface area (Å²) in [6.07, 6.45) is 3.89. The van der Waals surface area contributed by atoms with Gasteiger partial charge in [0.1, 0.15) is 5.56 Å². The van der Waals surface area contributed by atoms with E-state index in [0.29, 0.717) is 18.0 Å². The van der Waals surface area contributed by atoms with E-state index in [-0.39, 0.29) is 23.1 Å². The summed E-state index contributed by atoms with van der Waals surface area (Å²) < 4.78 is 1.64. The van der Waals surface area contributed by atoms with Crippen molar-refractivity contribution in [1.29, 1.82) is 0 Å². The number of amides is 1. The Morgan fingerprint density at radius 1 is 1.23 bits per heavy atom. The van der Waals surface area contributed by atoms with Crippen LogP contribution in [-0.4, -0.2) is 30.1 Å². The number of nitrogens with one attached hydrogen (secondary N) is 2. The van der Waals surface area contributed by atoms with Crippen molar-refractivity contribution in [2.45, 2.75) is 32.7 Å². The summed E-state index contributed by atoms with van der Waals surface area (Å²) in [6, 6.07) is 11.6. The number of rotatable bonds is 5. The van der Waals surface area contributed by atoms with Gasteiger partial charge in [-0.1, -0.05) is 30.3 Å². The average Bonchev–Trinajstić information content (AvgIpc) is 2.67. The normalized spacial score (nSPS) is 16.2. The van der Waals surface area contributed by atoms with E-state index in [2.05, 4.69) is 10.6 Å². The summed E-state index contributed by atoms with van der Waals surface area (Å²) in [5.74, 6) is 0.218. The first-order valence-corrected chi connectivity index (χ1v) is 9.33. The zero-order chi connectivity index (χ0) is 18.5. The van der Waals surface area contributed by atoms with Crippen molar-refractivity contribution >= 4 is 5.91 Å². The van der Waals surface area contributed by atoms with Gasteiger partial charge in [0.2, 0.25) is 0 Å². The van der Waals surface area contributed by atoms with Crippen LogP contribution >= 0.6 is 0 Å². The lowest BCUT2D eigenvalue weighted by molar-refractivity contribution is 0.0941. The molecule has 0 saturated carbocycles. The van der Waals surface area contributed by atoms with Crippen molar-refractivity contribution in [3.63, 3.8) is 0 Å². The van der Waals surface area contributed by atoms with Gasteiger partial charge in [0.25, 0.3) is 11.5 Å². The van der Waals surface area contributed by atoms with Gasteiger partial charge in [-0.25, -0.2) is 0 Å². The van der Waals surface area contributed by atoms with Crippen molar-refractivity contribution in [1.82, 2.24) is 15.2 Å². The number of piperidine rings is 1. The molecule has 3 rings (SSSR count). The van der Waals surface area contributed by atoms with Gasteiger partial charge < -0.3 is 15.2 Å². The molecule has 1 aromatic carbocycles. The largest absolute Gasteiger partial charge is 0.352 e. The maximum absolute atomic E-state index is 13.0. The monoisotopic (exact) mass is 353 g/mol. The zero-order valence-corrected chi connectivity index (χ0v) is 15.5. The molecule has 5 nitrogen and oxygen atoms in total. The minimum Gasteiger partial charge on any atom is -0.352 e. The third kappa shape index (κ3) is 4.05. The minimum absolute atomic E-state index is 0.125. The highest BCUT2D eigenvalue weighted by atomic mass is 16.2. The first-order valence-electron chi connectivity index (χ1n) is 9.33. The van der Waals surface area contributed by atoms with Crippen LogP contribution < -0.4 is 16.2 Å². The van der Waals surface area contributed by atoms with Gasteiger partial charge >= 0.3 is 0 Å². The van der Waals surface area contributed by atoms with Crippen LogP contribution in [0.3, 0.4) is 0 Å². The molecular formula is C21H27N3O2. The number of benzene rings is 1. The molecular weight excluding hydrogens is 326 g/mol.